The third-order valence-electron chi connectivity index (χ3n) is 4.98. The molecule has 186 valence electrons. The Bertz CT molecular complexity index is 1130. The lowest BCUT2D eigenvalue weighted by Crippen LogP contribution is -2.53. The maximum absolute atomic E-state index is 14.6. The molecule has 11 heteroatoms. The molecule has 2 aromatic rings. The molecule has 2 aromatic carbocycles. The van der Waals surface area contributed by atoms with Gasteiger partial charge in [0, 0.05) is 31.7 Å². The Balaban J connectivity index is 2.48. The van der Waals surface area contributed by atoms with Gasteiger partial charge < -0.3 is 10.2 Å². The van der Waals surface area contributed by atoms with Gasteiger partial charge in [0.05, 0.1) is 5.69 Å². The standard InChI is InChI=1S/C23H30ClFN4O4S/c1-16(2)26-23(31)17(3)28(14-18-9-8-10-19(24)13-18)22(30)15-29(34(32,33)27(4)5)21-12-7-6-11-20(21)25/h6-13,16-17H,14-15H2,1-5H3,(H,26,31). The minimum Gasteiger partial charge on any atom is -0.352 e. The van der Waals surface area contributed by atoms with Crippen LogP contribution in [0.1, 0.15) is 26.3 Å². The van der Waals surface area contributed by atoms with Gasteiger partial charge in [-0.05, 0) is 50.6 Å². The van der Waals surface area contributed by atoms with Crippen LogP contribution in [0.4, 0.5) is 10.1 Å². The Kier molecular flexibility index (Phi) is 9.43. The number of anilines is 1. The van der Waals surface area contributed by atoms with Gasteiger partial charge in [-0.25, -0.2) is 8.70 Å². The largest absolute Gasteiger partial charge is 0.352 e. The second-order valence-corrected chi connectivity index (χ2v) is 10.7. The molecule has 2 rings (SSSR count). The third-order valence-corrected chi connectivity index (χ3v) is 7.02. The monoisotopic (exact) mass is 512 g/mol. The number of hydrogen-bond acceptors (Lipinski definition) is 4. The maximum atomic E-state index is 14.6. The van der Waals surface area contributed by atoms with E-state index in [-0.39, 0.29) is 18.3 Å². The topological polar surface area (TPSA) is 90.0 Å². The summed E-state index contributed by atoms with van der Waals surface area (Å²) in [6, 6.07) is 11.0. The number of rotatable bonds is 10. The molecule has 2 amide bonds. The molecular weight excluding hydrogens is 483 g/mol. The van der Waals surface area contributed by atoms with E-state index in [1.807, 2.05) is 0 Å². The zero-order valence-corrected chi connectivity index (χ0v) is 21.4. The van der Waals surface area contributed by atoms with Crippen molar-refractivity contribution in [2.45, 2.75) is 39.4 Å². The molecule has 0 heterocycles. The molecule has 0 aliphatic heterocycles. The van der Waals surface area contributed by atoms with E-state index < -0.39 is 40.4 Å². The maximum Gasteiger partial charge on any atom is 0.304 e. The Labute approximate surface area is 205 Å². The average molecular weight is 513 g/mol. The summed E-state index contributed by atoms with van der Waals surface area (Å²) in [6.07, 6.45) is 0. The quantitative estimate of drug-likeness (QED) is 0.530. The van der Waals surface area contributed by atoms with Crippen LogP contribution in [-0.2, 0) is 26.3 Å². The van der Waals surface area contributed by atoms with Crippen molar-refractivity contribution in [3.8, 4) is 0 Å². The van der Waals surface area contributed by atoms with Gasteiger partial charge >= 0.3 is 10.2 Å². The Morgan fingerprint density at radius 3 is 2.26 bits per heavy atom. The SMILES string of the molecule is CC(C)NC(=O)C(C)N(Cc1cccc(Cl)c1)C(=O)CN(c1ccccc1F)S(=O)(=O)N(C)C. The fourth-order valence-electron chi connectivity index (χ4n) is 3.18. The molecule has 0 saturated carbocycles. The summed E-state index contributed by atoms with van der Waals surface area (Å²) in [5.41, 5.74) is 0.379. The number of amides is 2. The van der Waals surface area contributed by atoms with Gasteiger partial charge in [-0.1, -0.05) is 35.9 Å². The van der Waals surface area contributed by atoms with Crippen LogP contribution >= 0.6 is 11.6 Å². The molecule has 0 radical (unpaired) electrons. The van der Waals surface area contributed by atoms with E-state index in [0.29, 0.717) is 14.9 Å². The highest BCUT2D eigenvalue weighted by molar-refractivity contribution is 7.90. The lowest BCUT2D eigenvalue weighted by atomic mass is 10.1. The average Bonchev–Trinajstić information content (AvgIpc) is 2.75. The number of benzene rings is 2. The van der Waals surface area contributed by atoms with Gasteiger partial charge in [0.2, 0.25) is 11.8 Å². The van der Waals surface area contributed by atoms with Gasteiger partial charge in [0.25, 0.3) is 0 Å². The summed E-state index contributed by atoms with van der Waals surface area (Å²) in [5, 5.41) is 3.21. The summed E-state index contributed by atoms with van der Waals surface area (Å²) in [6.45, 7) is 4.42. The number of carbonyl (C=O) groups is 2. The van der Waals surface area contributed by atoms with E-state index in [1.165, 1.54) is 37.2 Å². The smallest absolute Gasteiger partial charge is 0.304 e. The van der Waals surface area contributed by atoms with Crippen LogP contribution in [0.15, 0.2) is 48.5 Å². The van der Waals surface area contributed by atoms with E-state index in [4.69, 9.17) is 11.6 Å². The van der Waals surface area contributed by atoms with E-state index in [9.17, 15) is 22.4 Å². The van der Waals surface area contributed by atoms with Crippen LogP contribution in [-0.4, -0.2) is 62.2 Å². The van der Waals surface area contributed by atoms with Crippen molar-refractivity contribution in [2.24, 2.45) is 0 Å². The molecule has 1 atom stereocenters. The summed E-state index contributed by atoms with van der Waals surface area (Å²) in [4.78, 5) is 27.5. The minimum atomic E-state index is -4.23. The number of halogens is 2. The fraction of sp³-hybridized carbons (Fsp3) is 0.391. The fourth-order valence-corrected chi connectivity index (χ4v) is 4.45. The zero-order valence-electron chi connectivity index (χ0n) is 19.8. The predicted octanol–water partition coefficient (Wildman–Crippen LogP) is 3.03. The van der Waals surface area contributed by atoms with Crippen LogP contribution in [0.2, 0.25) is 5.02 Å². The molecule has 0 spiro atoms. The van der Waals surface area contributed by atoms with Crippen molar-refractivity contribution < 1.29 is 22.4 Å². The first-order valence-electron chi connectivity index (χ1n) is 10.6. The lowest BCUT2D eigenvalue weighted by molar-refractivity contribution is -0.139. The summed E-state index contributed by atoms with van der Waals surface area (Å²) >= 11 is 6.08. The summed E-state index contributed by atoms with van der Waals surface area (Å²) < 4.78 is 42.2. The first-order chi connectivity index (χ1) is 15.8. The van der Waals surface area contributed by atoms with Crippen molar-refractivity contribution in [2.75, 3.05) is 24.9 Å². The van der Waals surface area contributed by atoms with E-state index >= 15 is 0 Å². The summed E-state index contributed by atoms with van der Waals surface area (Å²) in [7, 11) is -1.65. The lowest BCUT2D eigenvalue weighted by Gasteiger charge is -2.33. The van der Waals surface area contributed by atoms with Crippen LogP contribution in [0.3, 0.4) is 0 Å². The third kappa shape index (κ3) is 6.91. The Morgan fingerprint density at radius 2 is 1.71 bits per heavy atom. The van der Waals surface area contributed by atoms with Gasteiger partial charge in [-0.3, -0.25) is 9.59 Å². The molecule has 0 saturated heterocycles. The van der Waals surface area contributed by atoms with E-state index in [1.54, 1.807) is 45.0 Å². The van der Waals surface area contributed by atoms with Gasteiger partial charge in [0.15, 0.2) is 0 Å². The first kappa shape index (κ1) is 27.6. The van der Waals surface area contributed by atoms with E-state index in [0.717, 1.165) is 10.4 Å². The summed E-state index contributed by atoms with van der Waals surface area (Å²) in [5.74, 6) is -1.88. The molecule has 0 fully saturated rings. The first-order valence-corrected chi connectivity index (χ1v) is 12.4. The van der Waals surface area contributed by atoms with Crippen molar-refractivity contribution in [3.63, 3.8) is 0 Å². The number of hydrogen-bond donors (Lipinski definition) is 1. The van der Waals surface area contributed by atoms with Gasteiger partial charge in [0.1, 0.15) is 18.4 Å². The molecule has 8 nitrogen and oxygen atoms in total. The Morgan fingerprint density at radius 1 is 1.06 bits per heavy atom. The number of para-hydroxylation sites is 1. The molecule has 0 aromatic heterocycles. The molecule has 0 bridgehead atoms. The Hall–Kier alpha value is -2.69. The highest BCUT2D eigenvalue weighted by Gasteiger charge is 2.33. The molecular formula is C23H30ClFN4O4S. The van der Waals surface area contributed by atoms with Crippen LogP contribution < -0.4 is 9.62 Å². The number of nitrogens with one attached hydrogen (secondary N) is 1. The second kappa shape index (κ2) is 11.6. The molecule has 1 unspecified atom stereocenters. The van der Waals surface area contributed by atoms with Crippen molar-refractivity contribution in [1.29, 1.82) is 0 Å². The highest BCUT2D eigenvalue weighted by atomic mass is 35.5. The molecule has 0 aliphatic carbocycles. The number of carbonyl (C=O) groups excluding carboxylic acids is 2. The normalized spacial score (nSPS) is 12.5. The van der Waals surface area contributed by atoms with Crippen LogP contribution in [0, 0.1) is 5.82 Å². The number of nitrogens with zero attached hydrogens (tertiary/aromatic N) is 3. The molecule has 0 aliphatic rings. The minimum absolute atomic E-state index is 0.000795. The van der Waals surface area contributed by atoms with Crippen molar-refractivity contribution >= 4 is 39.3 Å². The second-order valence-electron chi connectivity index (χ2n) is 8.24. The van der Waals surface area contributed by atoms with Gasteiger partial charge in [-0.15, -0.1) is 0 Å². The van der Waals surface area contributed by atoms with Crippen molar-refractivity contribution in [1.82, 2.24) is 14.5 Å². The predicted molar refractivity (Wildman–Crippen MR) is 131 cm³/mol. The highest BCUT2D eigenvalue weighted by Crippen LogP contribution is 2.24. The molecule has 1 N–H and O–H groups in total. The molecule has 34 heavy (non-hydrogen) atoms. The van der Waals surface area contributed by atoms with Gasteiger partial charge in [-0.2, -0.15) is 12.7 Å². The van der Waals surface area contributed by atoms with E-state index in [2.05, 4.69) is 5.32 Å². The van der Waals surface area contributed by atoms with Crippen LogP contribution in [0.25, 0.3) is 0 Å². The van der Waals surface area contributed by atoms with Crippen LogP contribution in [0.5, 0.6) is 0 Å². The zero-order chi connectivity index (χ0) is 25.6. The van der Waals surface area contributed by atoms with Crippen molar-refractivity contribution in [3.05, 3.63) is 64.9 Å².